The van der Waals surface area contributed by atoms with E-state index in [1.807, 2.05) is 55.6 Å². The summed E-state index contributed by atoms with van der Waals surface area (Å²) >= 11 is 1.75. The zero-order valence-electron chi connectivity index (χ0n) is 15.8. The van der Waals surface area contributed by atoms with Crippen LogP contribution in [-0.4, -0.2) is 29.1 Å². The summed E-state index contributed by atoms with van der Waals surface area (Å²) in [6, 6.07) is 15.1. The summed E-state index contributed by atoms with van der Waals surface area (Å²) in [7, 11) is 0. The number of hydrogen-bond acceptors (Lipinski definition) is 4. The molecule has 0 bridgehead atoms. The normalized spacial score (nSPS) is 13.4. The van der Waals surface area contributed by atoms with Gasteiger partial charge in [-0.2, -0.15) is 11.8 Å². The van der Waals surface area contributed by atoms with Gasteiger partial charge in [-0.3, -0.25) is 0 Å². The molecule has 2 atom stereocenters. The fourth-order valence-electron chi connectivity index (χ4n) is 3.27. The van der Waals surface area contributed by atoms with E-state index in [9.17, 15) is 4.79 Å². The van der Waals surface area contributed by atoms with Crippen LogP contribution in [0.1, 0.15) is 31.4 Å². The van der Waals surface area contributed by atoms with Crippen LogP contribution in [0.5, 0.6) is 0 Å². The maximum atomic E-state index is 12.7. The van der Waals surface area contributed by atoms with Crippen LogP contribution in [-0.2, 0) is 9.53 Å². The molecule has 0 saturated carbocycles. The minimum absolute atomic E-state index is 0.0868. The van der Waals surface area contributed by atoms with Gasteiger partial charge >= 0.3 is 5.97 Å². The molecule has 0 saturated heterocycles. The molecule has 0 amide bonds. The molecule has 0 aliphatic rings. The van der Waals surface area contributed by atoms with E-state index in [2.05, 4.69) is 17.3 Å². The quantitative estimate of drug-likeness (QED) is 0.543. The third-order valence-electron chi connectivity index (χ3n) is 4.81. The number of carbonyl (C=O) groups excluding carboxylic acids is 1. The van der Waals surface area contributed by atoms with Crippen LogP contribution in [0.15, 0.2) is 54.7 Å². The van der Waals surface area contributed by atoms with E-state index in [0.717, 1.165) is 46.2 Å². The topological polar surface area (TPSA) is 68.1 Å². The van der Waals surface area contributed by atoms with Gasteiger partial charge in [0.05, 0.1) is 0 Å². The Hall–Kier alpha value is -2.24. The molecular weight excluding hydrogens is 356 g/mol. The predicted molar refractivity (Wildman–Crippen MR) is 114 cm³/mol. The maximum absolute atomic E-state index is 12.7. The Balaban J connectivity index is 1.88. The number of hydrogen-bond donors (Lipinski definition) is 2. The third kappa shape index (κ3) is 4.37. The number of carbonyl (C=O) groups is 1. The molecule has 1 heterocycles. The molecule has 0 fully saturated rings. The highest BCUT2D eigenvalue weighted by Gasteiger charge is 2.24. The van der Waals surface area contributed by atoms with E-state index in [1.165, 1.54) is 0 Å². The number of aromatic nitrogens is 1. The lowest BCUT2D eigenvalue weighted by Gasteiger charge is -2.20. The molecule has 27 heavy (non-hydrogen) atoms. The van der Waals surface area contributed by atoms with Gasteiger partial charge in [0.15, 0.2) is 0 Å². The number of thioether (sulfide) groups is 1. The van der Waals surface area contributed by atoms with Gasteiger partial charge in [-0.05, 0) is 42.0 Å². The average molecular weight is 383 g/mol. The number of aromatic amines is 1. The molecule has 3 aromatic rings. The highest BCUT2D eigenvalue weighted by molar-refractivity contribution is 7.98. The number of nitrogens with one attached hydrogen (secondary N) is 1. The molecule has 1 aromatic heterocycles. The van der Waals surface area contributed by atoms with Gasteiger partial charge in [0.25, 0.3) is 0 Å². The second kappa shape index (κ2) is 9.11. The number of esters is 1. The number of ether oxygens (including phenoxy) is 1. The van der Waals surface area contributed by atoms with Crippen LogP contribution in [0.2, 0.25) is 0 Å². The number of nitrogens with two attached hydrogens (primary N) is 1. The monoisotopic (exact) mass is 382 g/mol. The van der Waals surface area contributed by atoms with E-state index in [-0.39, 0.29) is 12.1 Å². The highest BCUT2D eigenvalue weighted by Crippen LogP contribution is 2.33. The molecular formula is C22H26N2O2S. The minimum atomic E-state index is -0.807. The first kappa shape index (κ1) is 19.5. The first-order chi connectivity index (χ1) is 13.2. The Labute approximate surface area is 164 Å². The van der Waals surface area contributed by atoms with Crippen molar-refractivity contribution in [3.8, 4) is 11.1 Å². The van der Waals surface area contributed by atoms with Crippen molar-refractivity contribution < 1.29 is 9.53 Å². The Morgan fingerprint density at radius 1 is 1.15 bits per heavy atom. The molecule has 0 aliphatic carbocycles. The van der Waals surface area contributed by atoms with Crippen LogP contribution in [0.3, 0.4) is 0 Å². The Kier molecular flexibility index (Phi) is 6.58. The van der Waals surface area contributed by atoms with Crippen molar-refractivity contribution in [3.63, 3.8) is 0 Å². The van der Waals surface area contributed by atoms with Gasteiger partial charge in [0.2, 0.25) is 0 Å². The zero-order valence-corrected chi connectivity index (χ0v) is 16.6. The number of H-pyrrole nitrogens is 1. The third-order valence-corrected chi connectivity index (χ3v) is 5.46. The fourth-order valence-corrected chi connectivity index (χ4v) is 3.77. The Bertz CT molecular complexity index is 906. The van der Waals surface area contributed by atoms with Crippen molar-refractivity contribution in [1.82, 2.24) is 4.98 Å². The average Bonchev–Trinajstić information content (AvgIpc) is 3.14. The molecule has 0 spiro atoms. The minimum Gasteiger partial charge on any atom is -0.461 e. The molecule has 3 N–H and O–H groups in total. The molecule has 142 valence electrons. The standard InChI is InChI=1S/C22H26N2O2S/c1-3-15(12-13-27-2)26-22(25)21(23)18-10-5-4-8-16(18)19-14-24-20-11-7-6-9-17(19)20/h4-11,14-15,21,24H,3,12-13,23H2,1-2H3/t15?,21-/m0/s1. The van der Waals surface area contributed by atoms with Gasteiger partial charge in [-0.15, -0.1) is 0 Å². The second-order valence-corrected chi connectivity index (χ2v) is 7.55. The summed E-state index contributed by atoms with van der Waals surface area (Å²) < 4.78 is 5.69. The van der Waals surface area contributed by atoms with Crippen molar-refractivity contribution in [2.45, 2.75) is 31.9 Å². The number of para-hydroxylation sites is 1. The maximum Gasteiger partial charge on any atom is 0.327 e. The summed E-state index contributed by atoms with van der Waals surface area (Å²) in [6.45, 7) is 2.03. The van der Waals surface area contributed by atoms with E-state index in [1.54, 1.807) is 11.8 Å². The van der Waals surface area contributed by atoms with Crippen molar-refractivity contribution in [1.29, 1.82) is 0 Å². The van der Waals surface area contributed by atoms with Crippen molar-refractivity contribution in [3.05, 3.63) is 60.3 Å². The molecule has 2 aromatic carbocycles. The summed E-state index contributed by atoms with van der Waals surface area (Å²) in [5.74, 6) is 0.600. The van der Waals surface area contributed by atoms with Crippen LogP contribution in [0.25, 0.3) is 22.0 Å². The Morgan fingerprint density at radius 3 is 2.67 bits per heavy atom. The van der Waals surface area contributed by atoms with Gasteiger partial charge in [-0.1, -0.05) is 49.4 Å². The number of rotatable bonds is 8. The number of fused-ring (bicyclic) bond motifs is 1. The van der Waals surface area contributed by atoms with Crippen LogP contribution in [0.4, 0.5) is 0 Å². The van der Waals surface area contributed by atoms with E-state index in [4.69, 9.17) is 10.5 Å². The molecule has 5 heteroatoms. The summed E-state index contributed by atoms with van der Waals surface area (Å²) in [5, 5.41) is 1.11. The van der Waals surface area contributed by atoms with Crippen molar-refractivity contribution >= 4 is 28.6 Å². The first-order valence-electron chi connectivity index (χ1n) is 9.26. The lowest BCUT2D eigenvalue weighted by atomic mass is 9.95. The number of benzene rings is 2. The van der Waals surface area contributed by atoms with E-state index in [0.29, 0.717) is 0 Å². The van der Waals surface area contributed by atoms with Gasteiger partial charge in [0.1, 0.15) is 12.1 Å². The van der Waals surface area contributed by atoms with Gasteiger partial charge in [0, 0.05) is 22.7 Å². The molecule has 0 radical (unpaired) electrons. The Morgan fingerprint density at radius 2 is 1.89 bits per heavy atom. The molecule has 3 rings (SSSR count). The van der Waals surface area contributed by atoms with E-state index < -0.39 is 6.04 Å². The summed E-state index contributed by atoms with van der Waals surface area (Å²) in [6.07, 6.45) is 5.58. The van der Waals surface area contributed by atoms with Crippen LogP contribution in [0, 0.1) is 0 Å². The fraction of sp³-hybridized carbons (Fsp3) is 0.318. The summed E-state index contributed by atoms with van der Waals surface area (Å²) in [4.78, 5) is 16.0. The van der Waals surface area contributed by atoms with Gasteiger partial charge in [-0.25, -0.2) is 4.79 Å². The van der Waals surface area contributed by atoms with Crippen molar-refractivity contribution in [2.75, 3.05) is 12.0 Å². The van der Waals surface area contributed by atoms with Crippen LogP contribution >= 0.6 is 11.8 Å². The van der Waals surface area contributed by atoms with E-state index >= 15 is 0 Å². The van der Waals surface area contributed by atoms with Crippen LogP contribution < -0.4 is 5.73 Å². The first-order valence-corrected chi connectivity index (χ1v) is 10.7. The smallest absolute Gasteiger partial charge is 0.327 e. The molecule has 1 unspecified atom stereocenters. The zero-order chi connectivity index (χ0) is 19.2. The summed E-state index contributed by atoms with van der Waals surface area (Å²) in [5.41, 5.74) is 10.2. The lowest BCUT2D eigenvalue weighted by Crippen LogP contribution is -2.28. The molecule has 0 aliphatic heterocycles. The lowest BCUT2D eigenvalue weighted by molar-refractivity contribution is -0.151. The highest BCUT2D eigenvalue weighted by atomic mass is 32.2. The van der Waals surface area contributed by atoms with Crippen molar-refractivity contribution in [2.24, 2.45) is 5.73 Å². The SMILES string of the molecule is CCC(CCSC)OC(=O)[C@@H](N)c1ccccc1-c1c[nH]c2ccccc12. The predicted octanol–water partition coefficient (Wildman–Crippen LogP) is 4.91. The largest absolute Gasteiger partial charge is 0.461 e. The second-order valence-electron chi connectivity index (χ2n) is 6.56. The molecule has 4 nitrogen and oxygen atoms in total. The van der Waals surface area contributed by atoms with Gasteiger partial charge < -0.3 is 15.5 Å².